The molecule has 0 bridgehead atoms. The van der Waals surface area contributed by atoms with E-state index in [1.807, 2.05) is 0 Å². The van der Waals surface area contributed by atoms with E-state index in [9.17, 15) is 0 Å². The third-order valence-corrected chi connectivity index (χ3v) is 2.62. The van der Waals surface area contributed by atoms with E-state index in [1.165, 1.54) is 32.1 Å². The largest absolute Gasteiger partial charge is 0.343 e. The first-order valence-electron chi connectivity index (χ1n) is 5.43. The number of rotatable bonds is 6. The van der Waals surface area contributed by atoms with Gasteiger partial charge in [0.05, 0.1) is 0 Å². The number of unbranched alkanes of at least 4 members (excludes halogenated alkanes) is 3. The van der Waals surface area contributed by atoms with Crippen LogP contribution in [0.2, 0.25) is 0 Å². The van der Waals surface area contributed by atoms with Crippen molar-refractivity contribution in [2.45, 2.75) is 58.3 Å². The monoisotopic (exact) mass is 196 g/mol. The van der Waals surface area contributed by atoms with Gasteiger partial charge in [-0.2, -0.15) is 4.98 Å². The summed E-state index contributed by atoms with van der Waals surface area (Å²) in [6.07, 6.45) is 7.69. The van der Waals surface area contributed by atoms with Crippen molar-refractivity contribution >= 4 is 0 Å². The highest BCUT2D eigenvalue weighted by atomic mass is 16.5. The molecule has 0 saturated heterocycles. The molecule has 0 N–H and O–H groups in total. The van der Waals surface area contributed by atoms with Crippen LogP contribution in [0, 0.1) is 0 Å². The average Bonchev–Trinajstić information content (AvgIpc) is 2.65. The first kappa shape index (κ1) is 11.2. The maximum absolute atomic E-state index is 4.77. The summed E-state index contributed by atoms with van der Waals surface area (Å²) in [6, 6.07) is 0. The molecule has 14 heavy (non-hydrogen) atoms. The second-order valence-corrected chi connectivity index (χ2v) is 4.45. The fourth-order valence-corrected chi connectivity index (χ4v) is 1.57. The highest BCUT2D eigenvalue weighted by molar-refractivity contribution is 4.99. The normalized spacial score (nSPS) is 11.9. The molecule has 0 spiro atoms. The van der Waals surface area contributed by atoms with Gasteiger partial charge in [0.2, 0.25) is 6.39 Å². The lowest BCUT2D eigenvalue weighted by Crippen LogP contribution is -2.18. The van der Waals surface area contributed by atoms with Crippen molar-refractivity contribution in [1.82, 2.24) is 10.1 Å². The number of hydrogen-bond donors (Lipinski definition) is 0. The number of hydrogen-bond acceptors (Lipinski definition) is 3. The van der Waals surface area contributed by atoms with Gasteiger partial charge >= 0.3 is 0 Å². The van der Waals surface area contributed by atoms with E-state index in [4.69, 9.17) is 4.52 Å². The molecular weight excluding hydrogens is 176 g/mol. The van der Waals surface area contributed by atoms with E-state index in [2.05, 4.69) is 30.9 Å². The van der Waals surface area contributed by atoms with Gasteiger partial charge in [0.1, 0.15) is 0 Å². The molecule has 0 aliphatic rings. The van der Waals surface area contributed by atoms with Crippen molar-refractivity contribution in [2.75, 3.05) is 0 Å². The Morgan fingerprint density at radius 1 is 1.29 bits per heavy atom. The zero-order valence-corrected chi connectivity index (χ0v) is 9.42. The summed E-state index contributed by atoms with van der Waals surface area (Å²) in [5.41, 5.74) is 0.0563. The second kappa shape index (κ2) is 5.13. The Bertz CT molecular complexity index is 242. The van der Waals surface area contributed by atoms with Gasteiger partial charge < -0.3 is 4.52 Å². The molecule has 0 unspecified atom stereocenters. The van der Waals surface area contributed by atoms with Gasteiger partial charge in [-0.15, -0.1) is 0 Å². The lowest BCUT2D eigenvalue weighted by Gasteiger charge is -2.19. The molecule has 0 fully saturated rings. The van der Waals surface area contributed by atoms with E-state index >= 15 is 0 Å². The van der Waals surface area contributed by atoms with E-state index < -0.39 is 0 Å². The minimum atomic E-state index is 0.0563. The van der Waals surface area contributed by atoms with Crippen LogP contribution in [-0.2, 0) is 5.41 Å². The van der Waals surface area contributed by atoms with Crippen LogP contribution in [0.5, 0.6) is 0 Å². The molecule has 1 heterocycles. The minimum Gasteiger partial charge on any atom is -0.343 e. The van der Waals surface area contributed by atoms with Crippen molar-refractivity contribution in [3.05, 3.63) is 12.2 Å². The predicted octanol–water partition coefficient (Wildman–Crippen LogP) is 3.32. The van der Waals surface area contributed by atoms with Crippen LogP contribution >= 0.6 is 0 Å². The highest BCUT2D eigenvalue weighted by Gasteiger charge is 2.24. The summed E-state index contributed by atoms with van der Waals surface area (Å²) in [5.74, 6) is 0.828. The third-order valence-electron chi connectivity index (χ3n) is 2.62. The first-order valence-corrected chi connectivity index (χ1v) is 5.43. The molecule has 0 saturated carbocycles. The average molecular weight is 196 g/mol. The zero-order chi connectivity index (χ0) is 10.4. The minimum absolute atomic E-state index is 0.0563. The molecule has 0 aromatic carbocycles. The van der Waals surface area contributed by atoms with Gasteiger partial charge in [0.25, 0.3) is 0 Å². The third kappa shape index (κ3) is 3.13. The molecule has 0 aliphatic heterocycles. The Morgan fingerprint density at radius 3 is 2.64 bits per heavy atom. The van der Waals surface area contributed by atoms with E-state index in [0.717, 1.165) is 12.2 Å². The fourth-order valence-electron chi connectivity index (χ4n) is 1.57. The van der Waals surface area contributed by atoms with Crippen molar-refractivity contribution < 1.29 is 4.52 Å². The predicted molar refractivity (Wildman–Crippen MR) is 56.1 cm³/mol. The van der Waals surface area contributed by atoms with Crippen LogP contribution in [0.3, 0.4) is 0 Å². The first-order chi connectivity index (χ1) is 6.67. The molecule has 80 valence electrons. The lowest BCUT2D eigenvalue weighted by atomic mass is 9.86. The zero-order valence-electron chi connectivity index (χ0n) is 9.42. The van der Waals surface area contributed by atoms with Crippen molar-refractivity contribution in [2.24, 2.45) is 0 Å². The Kier molecular flexibility index (Phi) is 4.11. The molecular formula is C11H20N2O. The van der Waals surface area contributed by atoms with Gasteiger partial charge in [0, 0.05) is 5.41 Å². The molecule has 0 aliphatic carbocycles. The summed E-state index contributed by atoms with van der Waals surface area (Å²) in [5, 5.41) is 3.90. The van der Waals surface area contributed by atoms with Crippen LogP contribution in [0.1, 0.15) is 58.7 Å². The molecule has 3 heteroatoms. The van der Waals surface area contributed by atoms with E-state index in [0.29, 0.717) is 0 Å². The van der Waals surface area contributed by atoms with E-state index in [-0.39, 0.29) is 5.41 Å². The molecule has 0 atom stereocenters. The quantitative estimate of drug-likeness (QED) is 0.655. The van der Waals surface area contributed by atoms with Crippen LogP contribution in [0.15, 0.2) is 10.9 Å². The van der Waals surface area contributed by atoms with Gasteiger partial charge in [-0.05, 0) is 6.42 Å². The molecule has 0 amide bonds. The van der Waals surface area contributed by atoms with Crippen molar-refractivity contribution in [1.29, 1.82) is 0 Å². The smallest absolute Gasteiger partial charge is 0.213 e. The van der Waals surface area contributed by atoms with Crippen LogP contribution < -0.4 is 0 Å². The highest BCUT2D eigenvalue weighted by Crippen LogP contribution is 2.26. The standard InChI is InChI=1S/C11H20N2O/c1-4-5-6-7-8-11(2,3)10-12-9-14-13-10/h9H,4-8H2,1-3H3. The summed E-state index contributed by atoms with van der Waals surface area (Å²) in [7, 11) is 0. The van der Waals surface area contributed by atoms with Crippen LogP contribution in [-0.4, -0.2) is 10.1 Å². The van der Waals surface area contributed by atoms with Crippen LogP contribution in [0.4, 0.5) is 0 Å². The van der Waals surface area contributed by atoms with Gasteiger partial charge in [-0.1, -0.05) is 51.6 Å². The lowest BCUT2D eigenvalue weighted by molar-refractivity contribution is 0.368. The summed E-state index contributed by atoms with van der Waals surface area (Å²) in [6.45, 7) is 6.57. The Morgan fingerprint density at radius 2 is 2.07 bits per heavy atom. The Hall–Kier alpha value is -0.860. The summed E-state index contributed by atoms with van der Waals surface area (Å²) in [4.78, 5) is 4.11. The molecule has 1 aromatic rings. The molecule has 3 nitrogen and oxygen atoms in total. The summed E-state index contributed by atoms with van der Waals surface area (Å²) < 4.78 is 4.77. The van der Waals surface area contributed by atoms with Crippen molar-refractivity contribution in [3.8, 4) is 0 Å². The SMILES string of the molecule is CCCCCCC(C)(C)c1ncon1. The molecule has 1 aromatic heterocycles. The topological polar surface area (TPSA) is 38.9 Å². The van der Waals surface area contributed by atoms with E-state index in [1.54, 1.807) is 0 Å². The van der Waals surface area contributed by atoms with Gasteiger partial charge in [0.15, 0.2) is 5.82 Å². The van der Waals surface area contributed by atoms with Gasteiger partial charge in [-0.3, -0.25) is 0 Å². The maximum Gasteiger partial charge on any atom is 0.213 e. The number of nitrogens with zero attached hydrogens (tertiary/aromatic N) is 2. The van der Waals surface area contributed by atoms with Gasteiger partial charge in [-0.25, -0.2) is 0 Å². The van der Waals surface area contributed by atoms with Crippen molar-refractivity contribution in [3.63, 3.8) is 0 Å². The number of aromatic nitrogens is 2. The fraction of sp³-hybridized carbons (Fsp3) is 0.818. The Labute approximate surface area is 85.9 Å². The second-order valence-electron chi connectivity index (χ2n) is 4.45. The molecule has 1 rings (SSSR count). The molecule has 0 radical (unpaired) electrons. The Balaban J connectivity index is 2.35. The maximum atomic E-state index is 4.77. The summed E-state index contributed by atoms with van der Waals surface area (Å²) >= 11 is 0. The van der Waals surface area contributed by atoms with Crippen LogP contribution in [0.25, 0.3) is 0 Å².